The van der Waals surface area contributed by atoms with Crippen molar-refractivity contribution in [1.29, 1.82) is 0 Å². The average molecular weight is 470 g/mol. The summed E-state index contributed by atoms with van der Waals surface area (Å²) < 4.78 is 37.4. The van der Waals surface area contributed by atoms with Gasteiger partial charge in [0.15, 0.2) is 9.84 Å². The molecule has 0 N–H and O–H groups in total. The van der Waals surface area contributed by atoms with Crippen LogP contribution >= 0.6 is 0 Å². The van der Waals surface area contributed by atoms with E-state index < -0.39 is 21.2 Å². The van der Waals surface area contributed by atoms with Gasteiger partial charge in [-0.1, -0.05) is 36.3 Å². The van der Waals surface area contributed by atoms with Crippen LogP contribution < -0.4 is 4.74 Å². The first-order valence-electron chi connectivity index (χ1n) is 11.2. The molecule has 3 rings (SSSR count). The molecule has 1 saturated heterocycles. The summed E-state index contributed by atoms with van der Waals surface area (Å²) in [6, 6.07) is 16.4. The number of esters is 1. The standard InChI is InChI=1S/C26H31NO5S/c1-3-5-19-32-23-11-13-24(14-12-23)33(29,30)21-26(25(28)31-4-2)15-17-27(18-16-26)20-22-9-7-6-8-10-22/h6-14H,4,15-21H2,1-2H3. The summed E-state index contributed by atoms with van der Waals surface area (Å²) in [4.78, 5) is 15.4. The molecule has 7 heteroatoms. The number of piperidine rings is 1. The minimum absolute atomic E-state index is 0.173. The Bertz CT molecular complexity index is 1080. The summed E-state index contributed by atoms with van der Waals surface area (Å²) in [5.74, 6) is 5.40. The highest BCUT2D eigenvalue weighted by molar-refractivity contribution is 7.91. The highest BCUT2D eigenvalue weighted by Crippen LogP contribution is 2.37. The largest absolute Gasteiger partial charge is 0.481 e. The van der Waals surface area contributed by atoms with Crippen LogP contribution in [0.4, 0.5) is 0 Å². The van der Waals surface area contributed by atoms with Crippen LogP contribution in [-0.2, 0) is 25.9 Å². The van der Waals surface area contributed by atoms with Crippen LogP contribution in [-0.4, -0.2) is 51.3 Å². The molecule has 0 aliphatic carbocycles. The second-order valence-electron chi connectivity index (χ2n) is 8.21. The number of benzene rings is 2. The number of sulfone groups is 1. The fraction of sp³-hybridized carbons (Fsp3) is 0.423. The van der Waals surface area contributed by atoms with Crippen molar-refractivity contribution in [2.75, 3.05) is 32.1 Å². The lowest BCUT2D eigenvalue weighted by molar-refractivity contribution is -0.157. The molecule has 1 aliphatic rings. The fourth-order valence-electron chi connectivity index (χ4n) is 4.05. The molecule has 0 atom stereocenters. The smallest absolute Gasteiger partial charge is 0.313 e. The van der Waals surface area contributed by atoms with E-state index in [1.807, 2.05) is 18.2 Å². The van der Waals surface area contributed by atoms with Gasteiger partial charge in [0.2, 0.25) is 0 Å². The minimum Gasteiger partial charge on any atom is -0.481 e. The Labute approximate surface area is 196 Å². The molecule has 0 aromatic heterocycles. The zero-order valence-electron chi connectivity index (χ0n) is 19.2. The minimum atomic E-state index is -3.70. The molecule has 2 aromatic rings. The monoisotopic (exact) mass is 469 g/mol. The summed E-state index contributed by atoms with van der Waals surface area (Å²) in [6.45, 7) is 5.98. The normalized spacial score (nSPS) is 15.8. The van der Waals surface area contributed by atoms with E-state index in [4.69, 9.17) is 9.47 Å². The number of hydrogen-bond acceptors (Lipinski definition) is 6. The molecule has 0 bridgehead atoms. The number of rotatable bonds is 9. The van der Waals surface area contributed by atoms with Gasteiger partial charge in [0.05, 0.1) is 22.7 Å². The van der Waals surface area contributed by atoms with Crippen LogP contribution in [0.15, 0.2) is 59.5 Å². The van der Waals surface area contributed by atoms with Gasteiger partial charge in [-0.15, -0.1) is 5.92 Å². The SMILES string of the molecule is CC#CCOc1ccc(S(=O)(=O)CC2(C(=O)OCC)CCN(Cc3ccccc3)CC2)cc1. The molecule has 0 saturated carbocycles. The quantitative estimate of drug-likeness (QED) is 0.412. The molecule has 2 aromatic carbocycles. The molecule has 0 radical (unpaired) electrons. The summed E-state index contributed by atoms with van der Waals surface area (Å²) >= 11 is 0. The van der Waals surface area contributed by atoms with Crippen molar-refractivity contribution in [3.63, 3.8) is 0 Å². The van der Waals surface area contributed by atoms with Gasteiger partial charge in [0.1, 0.15) is 12.4 Å². The zero-order valence-corrected chi connectivity index (χ0v) is 20.1. The first-order valence-corrected chi connectivity index (χ1v) is 12.8. The van der Waals surface area contributed by atoms with Crippen molar-refractivity contribution in [2.24, 2.45) is 5.41 Å². The van der Waals surface area contributed by atoms with Gasteiger partial charge in [0.25, 0.3) is 0 Å². The lowest BCUT2D eigenvalue weighted by Gasteiger charge is -2.39. The van der Waals surface area contributed by atoms with E-state index in [-0.39, 0.29) is 23.9 Å². The molecular weight excluding hydrogens is 438 g/mol. The van der Waals surface area contributed by atoms with Gasteiger partial charge in [-0.2, -0.15) is 0 Å². The van der Waals surface area contributed by atoms with Gasteiger partial charge in [-0.25, -0.2) is 8.42 Å². The Morgan fingerprint density at radius 2 is 1.73 bits per heavy atom. The molecule has 1 heterocycles. The lowest BCUT2D eigenvalue weighted by Crippen LogP contribution is -2.48. The Morgan fingerprint density at radius 3 is 2.33 bits per heavy atom. The van der Waals surface area contributed by atoms with Gasteiger partial charge in [0, 0.05) is 6.54 Å². The van der Waals surface area contributed by atoms with Crippen LogP contribution in [0.5, 0.6) is 5.75 Å². The topological polar surface area (TPSA) is 72.9 Å². The van der Waals surface area contributed by atoms with Gasteiger partial charge in [-0.3, -0.25) is 9.69 Å². The third kappa shape index (κ3) is 6.59. The highest BCUT2D eigenvalue weighted by Gasteiger charge is 2.46. The maximum atomic E-state index is 13.3. The third-order valence-electron chi connectivity index (χ3n) is 5.91. The number of likely N-dealkylation sites (tertiary alicyclic amines) is 1. The van der Waals surface area contributed by atoms with E-state index in [0.717, 1.165) is 6.54 Å². The molecule has 1 aliphatic heterocycles. The molecule has 33 heavy (non-hydrogen) atoms. The number of ether oxygens (including phenoxy) is 2. The predicted molar refractivity (Wildman–Crippen MR) is 127 cm³/mol. The number of hydrogen-bond donors (Lipinski definition) is 0. The molecule has 0 amide bonds. The Kier molecular flexibility index (Phi) is 8.54. The Morgan fingerprint density at radius 1 is 1.06 bits per heavy atom. The molecular formula is C26H31NO5S. The maximum absolute atomic E-state index is 13.3. The summed E-state index contributed by atoms with van der Waals surface area (Å²) in [6.07, 6.45) is 0.879. The summed E-state index contributed by atoms with van der Waals surface area (Å²) in [5, 5.41) is 0. The average Bonchev–Trinajstić information content (AvgIpc) is 2.82. The van der Waals surface area contributed by atoms with Crippen molar-refractivity contribution in [1.82, 2.24) is 4.90 Å². The van der Waals surface area contributed by atoms with E-state index in [1.54, 1.807) is 26.0 Å². The second kappa shape index (κ2) is 11.4. The van der Waals surface area contributed by atoms with Crippen molar-refractivity contribution in [3.8, 4) is 17.6 Å². The first-order chi connectivity index (χ1) is 15.9. The lowest BCUT2D eigenvalue weighted by atomic mass is 9.80. The first kappa shape index (κ1) is 24.8. The van der Waals surface area contributed by atoms with E-state index in [1.165, 1.54) is 17.7 Å². The molecule has 6 nitrogen and oxygen atoms in total. The van der Waals surface area contributed by atoms with Crippen molar-refractivity contribution < 1.29 is 22.7 Å². The second-order valence-corrected chi connectivity index (χ2v) is 10.2. The maximum Gasteiger partial charge on any atom is 0.313 e. The molecule has 0 unspecified atom stereocenters. The zero-order chi connectivity index (χ0) is 23.7. The molecule has 176 valence electrons. The number of nitrogens with zero attached hydrogens (tertiary/aromatic N) is 1. The van der Waals surface area contributed by atoms with Crippen LogP contribution in [0.25, 0.3) is 0 Å². The molecule has 0 spiro atoms. The van der Waals surface area contributed by atoms with Crippen LogP contribution in [0.1, 0.15) is 32.3 Å². The van der Waals surface area contributed by atoms with Gasteiger partial charge < -0.3 is 9.47 Å². The van der Waals surface area contributed by atoms with Crippen molar-refractivity contribution >= 4 is 15.8 Å². The van der Waals surface area contributed by atoms with E-state index in [9.17, 15) is 13.2 Å². The predicted octanol–water partition coefficient (Wildman–Crippen LogP) is 3.71. The third-order valence-corrected chi connectivity index (χ3v) is 7.83. The summed E-state index contributed by atoms with van der Waals surface area (Å²) in [7, 11) is -3.70. The summed E-state index contributed by atoms with van der Waals surface area (Å²) in [5.41, 5.74) is 0.148. The molecule has 1 fully saturated rings. The Hall–Kier alpha value is -2.82. The van der Waals surface area contributed by atoms with Crippen LogP contribution in [0, 0.1) is 17.3 Å². The van der Waals surface area contributed by atoms with E-state index in [2.05, 4.69) is 28.9 Å². The van der Waals surface area contributed by atoms with Gasteiger partial charge in [-0.05, 0) is 69.6 Å². The van der Waals surface area contributed by atoms with E-state index >= 15 is 0 Å². The Balaban J connectivity index is 1.73. The van der Waals surface area contributed by atoms with Gasteiger partial charge >= 0.3 is 5.97 Å². The van der Waals surface area contributed by atoms with Crippen molar-refractivity contribution in [2.45, 2.75) is 38.1 Å². The fourth-order valence-corrected chi connectivity index (χ4v) is 5.91. The van der Waals surface area contributed by atoms with Crippen molar-refractivity contribution in [3.05, 3.63) is 60.2 Å². The number of carbonyl (C=O) groups is 1. The van der Waals surface area contributed by atoms with Crippen LogP contribution in [0.3, 0.4) is 0 Å². The highest BCUT2D eigenvalue weighted by atomic mass is 32.2. The van der Waals surface area contributed by atoms with Crippen LogP contribution in [0.2, 0.25) is 0 Å². The van der Waals surface area contributed by atoms with E-state index in [0.29, 0.717) is 31.7 Å². The number of carbonyl (C=O) groups excluding carboxylic acids is 1.